The van der Waals surface area contributed by atoms with Crippen molar-refractivity contribution >= 4 is 49.4 Å². The van der Waals surface area contributed by atoms with Gasteiger partial charge in [-0.25, -0.2) is 0 Å². The molecule has 5 aromatic rings. The lowest BCUT2D eigenvalue weighted by atomic mass is 9.99. The second-order valence-electron chi connectivity index (χ2n) is 7.37. The first kappa shape index (κ1) is 16.1. The van der Waals surface area contributed by atoms with E-state index in [2.05, 4.69) is 97.4 Å². The van der Waals surface area contributed by atoms with Crippen LogP contribution in [0.3, 0.4) is 0 Å². The van der Waals surface area contributed by atoms with E-state index in [-0.39, 0.29) is 0 Å². The second-order valence-corrected chi connectivity index (χ2v) is 7.37. The molecule has 0 N–H and O–H groups in total. The van der Waals surface area contributed by atoms with E-state index in [0.717, 1.165) is 6.42 Å². The van der Waals surface area contributed by atoms with Gasteiger partial charge in [-0.2, -0.15) is 0 Å². The molecule has 0 spiro atoms. The SMILES string of the molecule is CCC/C=C/c1ccc2c3ccc4c5ccccc5ccc4c3n(C)c2c1. The average Bonchev–Trinajstić information content (AvgIpc) is 3.00. The fourth-order valence-electron chi connectivity index (χ4n) is 4.32. The second kappa shape index (κ2) is 6.28. The number of aromatic nitrogens is 1. The lowest BCUT2D eigenvalue weighted by Crippen LogP contribution is -1.89. The van der Waals surface area contributed by atoms with Gasteiger partial charge in [-0.1, -0.05) is 86.2 Å². The monoisotopic (exact) mass is 349 g/mol. The molecule has 0 saturated carbocycles. The molecule has 0 saturated heterocycles. The van der Waals surface area contributed by atoms with Crippen molar-refractivity contribution in [2.75, 3.05) is 0 Å². The van der Waals surface area contributed by atoms with Gasteiger partial charge in [-0.15, -0.1) is 0 Å². The van der Waals surface area contributed by atoms with Gasteiger partial charge in [0, 0.05) is 28.7 Å². The molecule has 1 heterocycles. The molecule has 1 nitrogen and oxygen atoms in total. The molecule has 0 fully saturated rings. The topological polar surface area (TPSA) is 4.93 Å². The van der Waals surface area contributed by atoms with Gasteiger partial charge in [0.25, 0.3) is 0 Å². The number of aryl methyl sites for hydroxylation is 1. The van der Waals surface area contributed by atoms with Crippen molar-refractivity contribution < 1.29 is 0 Å². The summed E-state index contributed by atoms with van der Waals surface area (Å²) >= 11 is 0. The Balaban J connectivity index is 1.83. The number of hydrogen-bond donors (Lipinski definition) is 0. The lowest BCUT2D eigenvalue weighted by molar-refractivity contribution is 0.962. The molecule has 132 valence electrons. The van der Waals surface area contributed by atoms with Crippen molar-refractivity contribution in [3.8, 4) is 0 Å². The molecule has 0 amide bonds. The van der Waals surface area contributed by atoms with Crippen molar-refractivity contribution in [3.63, 3.8) is 0 Å². The Bertz CT molecular complexity index is 1330. The standard InChI is InChI=1S/C26H23N/c1-3-4-5-8-18-11-13-22-24-16-15-21-20-10-7-6-9-19(20)12-14-23(21)26(24)27(2)25(22)17-18/h5-17H,3-4H2,1-2H3/b8-5+. The summed E-state index contributed by atoms with van der Waals surface area (Å²) in [6, 6.07) is 24.6. The van der Waals surface area contributed by atoms with Crippen LogP contribution in [0, 0.1) is 0 Å². The molecule has 0 unspecified atom stereocenters. The summed E-state index contributed by atoms with van der Waals surface area (Å²) in [6.07, 6.45) is 6.83. The van der Waals surface area contributed by atoms with Crippen molar-refractivity contribution in [1.29, 1.82) is 0 Å². The Kier molecular flexibility index (Phi) is 3.75. The Morgan fingerprint density at radius 3 is 2.41 bits per heavy atom. The number of nitrogens with zero attached hydrogens (tertiary/aromatic N) is 1. The highest BCUT2D eigenvalue weighted by Gasteiger charge is 2.12. The fourth-order valence-corrected chi connectivity index (χ4v) is 4.32. The first-order valence-electron chi connectivity index (χ1n) is 9.77. The quantitative estimate of drug-likeness (QED) is 0.298. The van der Waals surface area contributed by atoms with E-state index in [4.69, 9.17) is 0 Å². The van der Waals surface area contributed by atoms with Gasteiger partial charge < -0.3 is 4.57 Å². The molecule has 1 aromatic heterocycles. The molecule has 0 atom stereocenters. The number of rotatable bonds is 3. The zero-order valence-corrected chi connectivity index (χ0v) is 15.9. The zero-order chi connectivity index (χ0) is 18.4. The number of benzene rings is 4. The van der Waals surface area contributed by atoms with E-state index >= 15 is 0 Å². The van der Waals surface area contributed by atoms with Crippen LogP contribution in [0.5, 0.6) is 0 Å². The van der Waals surface area contributed by atoms with Crippen LogP contribution in [0.4, 0.5) is 0 Å². The Morgan fingerprint density at radius 1 is 0.778 bits per heavy atom. The van der Waals surface area contributed by atoms with E-state index < -0.39 is 0 Å². The maximum absolute atomic E-state index is 2.36. The number of allylic oxidation sites excluding steroid dienone is 1. The van der Waals surface area contributed by atoms with Crippen LogP contribution < -0.4 is 0 Å². The average molecular weight is 349 g/mol. The highest BCUT2D eigenvalue weighted by Crippen LogP contribution is 2.36. The van der Waals surface area contributed by atoms with Crippen LogP contribution in [-0.2, 0) is 7.05 Å². The van der Waals surface area contributed by atoms with E-state index in [1.54, 1.807) is 0 Å². The van der Waals surface area contributed by atoms with Gasteiger partial charge in [0.05, 0.1) is 5.52 Å². The summed E-state index contributed by atoms with van der Waals surface area (Å²) in [5, 5.41) is 7.94. The molecule has 0 bridgehead atoms. The van der Waals surface area contributed by atoms with E-state index in [1.165, 1.54) is 55.3 Å². The maximum atomic E-state index is 2.36. The Morgan fingerprint density at radius 2 is 1.52 bits per heavy atom. The van der Waals surface area contributed by atoms with E-state index in [1.807, 2.05) is 0 Å². The predicted molar refractivity (Wildman–Crippen MR) is 119 cm³/mol. The van der Waals surface area contributed by atoms with Crippen LogP contribution >= 0.6 is 0 Å². The van der Waals surface area contributed by atoms with Crippen LogP contribution in [-0.4, -0.2) is 4.57 Å². The van der Waals surface area contributed by atoms with Gasteiger partial charge in [-0.05, 0) is 34.2 Å². The van der Waals surface area contributed by atoms with Crippen LogP contribution in [0.25, 0.3) is 49.4 Å². The molecule has 0 aliphatic rings. The highest BCUT2D eigenvalue weighted by molar-refractivity contribution is 6.22. The van der Waals surface area contributed by atoms with E-state index in [0.29, 0.717) is 0 Å². The van der Waals surface area contributed by atoms with Crippen LogP contribution in [0.1, 0.15) is 25.3 Å². The van der Waals surface area contributed by atoms with Gasteiger partial charge >= 0.3 is 0 Å². The van der Waals surface area contributed by atoms with Gasteiger partial charge in [0.1, 0.15) is 0 Å². The smallest absolute Gasteiger partial charge is 0.0568 e. The van der Waals surface area contributed by atoms with Gasteiger partial charge in [0.15, 0.2) is 0 Å². The number of hydrogen-bond acceptors (Lipinski definition) is 0. The molecule has 4 aromatic carbocycles. The maximum Gasteiger partial charge on any atom is 0.0568 e. The molecule has 1 heteroatoms. The highest BCUT2D eigenvalue weighted by atomic mass is 14.9. The molecule has 27 heavy (non-hydrogen) atoms. The third kappa shape index (κ3) is 2.46. The summed E-state index contributed by atoms with van der Waals surface area (Å²) in [5.74, 6) is 0. The summed E-state index contributed by atoms with van der Waals surface area (Å²) in [4.78, 5) is 0. The third-order valence-electron chi connectivity index (χ3n) is 5.67. The Labute approximate surface area is 159 Å². The molecular weight excluding hydrogens is 326 g/mol. The number of unbranched alkanes of at least 4 members (excludes halogenated alkanes) is 1. The minimum absolute atomic E-state index is 1.13. The van der Waals surface area contributed by atoms with Gasteiger partial charge in [0.2, 0.25) is 0 Å². The predicted octanol–water partition coefficient (Wildman–Crippen LogP) is 7.45. The summed E-state index contributed by atoms with van der Waals surface area (Å²) in [7, 11) is 2.19. The van der Waals surface area contributed by atoms with Crippen molar-refractivity contribution in [1.82, 2.24) is 4.57 Å². The molecular formula is C26H23N. The van der Waals surface area contributed by atoms with Crippen LogP contribution in [0.15, 0.2) is 72.8 Å². The molecule has 5 rings (SSSR count). The molecule has 0 aliphatic carbocycles. The normalized spacial score (nSPS) is 12.2. The summed E-state index contributed by atoms with van der Waals surface area (Å²) in [5.41, 5.74) is 3.89. The Hall–Kier alpha value is -3.06. The van der Waals surface area contributed by atoms with Crippen molar-refractivity contribution in [3.05, 3.63) is 78.4 Å². The van der Waals surface area contributed by atoms with Crippen molar-refractivity contribution in [2.45, 2.75) is 19.8 Å². The number of fused-ring (bicyclic) bond motifs is 7. The summed E-state index contributed by atoms with van der Waals surface area (Å²) < 4.78 is 2.36. The fraction of sp³-hybridized carbons (Fsp3) is 0.154. The van der Waals surface area contributed by atoms with Gasteiger partial charge in [-0.3, -0.25) is 0 Å². The minimum Gasteiger partial charge on any atom is -0.343 e. The molecule has 0 radical (unpaired) electrons. The minimum atomic E-state index is 1.13. The first-order valence-corrected chi connectivity index (χ1v) is 9.77. The largest absolute Gasteiger partial charge is 0.343 e. The first-order chi connectivity index (χ1) is 13.3. The lowest BCUT2D eigenvalue weighted by Gasteiger charge is -2.07. The van der Waals surface area contributed by atoms with Crippen molar-refractivity contribution in [2.24, 2.45) is 7.05 Å². The third-order valence-corrected chi connectivity index (χ3v) is 5.67. The molecule has 0 aliphatic heterocycles. The zero-order valence-electron chi connectivity index (χ0n) is 15.9. The summed E-state index contributed by atoms with van der Waals surface area (Å²) in [6.45, 7) is 2.21. The van der Waals surface area contributed by atoms with E-state index in [9.17, 15) is 0 Å². The van der Waals surface area contributed by atoms with Crippen LogP contribution in [0.2, 0.25) is 0 Å².